The van der Waals surface area contributed by atoms with Gasteiger partial charge in [0, 0.05) is 43.9 Å². The summed E-state index contributed by atoms with van der Waals surface area (Å²) >= 11 is 0. The summed E-state index contributed by atoms with van der Waals surface area (Å²) in [6.07, 6.45) is 2.25. The molecule has 0 amide bonds. The number of halogens is 1. The third-order valence-electron chi connectivity index (χ3n) is 5.84. The lowest BCUT2D eigenvalue weighted by atomic mass is 10.1. The van der Waals surface area contributed by atoms with E-state index in [1.54, 1.807) is 18.3 Å². The van der Waals surface area contributed by atoms with Crippen LogP contribution in [0, 0.1) is 5.82 Å². The normalized spacial score (nSPS) is 23.6. The van der Waals surface area contributed by atoms with Gasteiger partial charge in [-0.2, -0.15) is 9.61 Å². The maximum Gasteiger partial charge on any atom is 0.157 e. The lowest BCUT2D eigenvalue weighted by molar-refractivity contribution is 0.0859. The molecule has 1 N–H and O–H groups in total. The van der Waals surface area contributed by atoms with E-state index in [2.05, 4.69) is 19.9 Å². The smallest absolute Gasteiger partial charge is 0.157 e. The summed E-state index contributed by atoms with van der Waals surface area (Å²) in [7, 11) is 0. The molecule has 3 aromatic rings. The van der Waals surface area contributed by atoms with Gasteiger partial charge in [-0.3, -0.25) is 4.90 Å². The maximum absolute atomic E-state index is 14.4. The second-order valence-corrected chi connectivity index (χ2v) is 7.63. The van der Waals surface area contributed by atoms with Gasteiger partial charge in [-0.25, -0.2) is 9.37 Å². The molecule has 2 saturated heterocycles. The summed E-state index contributed by atoms with van der Waals surface area (Å²) in [5.74, 6) is 0.621. The van der Waals surface area contributed by atoms with Crippen LogP contribution in [0.1, 0.15) is 6.42 Å². The van der Waals surface area contributed by atoms with Gasteiger partial charge in [-0.1, -0.05) is 12.1 Å². The fourth-order valence-corrected chi connectivity index (χ4v) is 4.31. The first-order chi connectivity index (χ1) is 14.2. The van der Waals surface area contributed by atoms with Crippen molar-refractivity contribution in [3.63, 3.8) is 0 Å². The first-order valence-corrected chi connectivity index (χ1v) is 10.1. The summed E-state index contributed by atoms with van der Waals surface area (Å²) in [6.45, 7) is 4.38. The molecule has 1 aromatic carbocycles. The minimum absolute atomic E-state index is 0.0612. The molecule has 4 heterocycles. The first kappa shape index (κ1) is 18.5. The van der Waals surface area contributed by atoms with Gasteiger partial charge in [-0.05, 0) is 18.6 Å². The van der Waals surface area contributed by atoms with Crippen molar-refractivity contribution in [2.45, 2.75) is 18.6 Å². The second-order valence-electron chi connectivity index (χ2n) is 7.63. The van der Waals surface area contributed by atoms with Crippen molar-refractivity contribution in [1.29, 1.82) is 0 Å². The zero-order valence-electron chi connectivity index (χ0n) is 16.1. The molecule has 0 spiro atoms. The molecule has 8 heteroatoms. The average Bonchev–Trinajstić information content (AvgIpc) is 3.30. The molecular weight excluding hydrogens is 373 g/mol. The molecule has 2 fully saturated rings. The zero-order chi connectivity index (χ0) is 19.8. The molecule has 7 nitrogen and oxygen atoms in total. The van der Waals surface area contributed by atoms with E-state index in [-0.39, 0.29) is 11.9 Å². The minimum atomic E-state index is -0.423. The van der Waals surface area contributed by atoms with E-state index in [9.17, 15) is 9.50 Å². The number of nitrogens with zero attached hydrogens (tertiary/aromatic N) is 5. The first-order valence-electron chi connectivity index (χ1n) is 10.1. The summed E-state index contributed by atoms with van der Waals surface area (Å²) < 4.78 is 21.6. The van der Waals surface area contributed by atoms with Gasteiger partial charge in [0.05, 0.1) is 37.3 Å². The molecule has 2 aliphatic rings. The molecule has 152 valence electrons. The Hall–Kier alpha value is -2.55. The Balaban J connectivity index is 1.46. The highest BCUT2D eigenvalue weighted by Crippen LogP contribution is 2.27. The molecule has 29 heavy (non-hydrogen) atoms. The number of ether oxygens (including phenoxy) is 1. The van der Waals surface area contributed by atoms with Crippen molar-refractivity contribution in [2.75, 3.05) is 44.3 Å². The number of benzene rings is 1. The highest BCUT2D eigenvalue weighted by atomic mass is 19.1. The van der Waals surface area contributed by atoms with E-state index in [1.807, 2.05) is 22.7 Å². The Labute approximate surface area is 168 Å². The van der Waals surface area contributed by atoms with Crippen LogP contribution < -0.4 is 4.90 Å². The third kappa shape index (κ3) is 3.48. The van der Waals surface area contributed by atoms with Crippen molar-refractivity contribution in [3.8, 4) is 11.3 Å². The summed E-state index contributed by atoms with van der Waals surface area (Å²) in [5, 5.41) is 14.6. The van der Waals surface area contributed by atoms with Crippen LogP contribution in [-0.4, -0.2) is 76.1 Å². The molecule has 2 aliphatic heterocycles. The number of aromatic nitrogens is 3. The van der Waals surface area contributed by atoms with E-state index >= 15 is 0 Å². The molecule has 5 rings (SSSR count). The summed E-state index contributed by atoms with van der Waals surface area (Å²) in [5.41, 5.74) is 1.79. The van der Waals surface area contributed by atoms with Gasteiger partial charge >= 0.3 is 0 Å². The SMILES string of the molecule is O[C@@H]1COC[C@H]1N1CCCN(c2cc(-c3ccccc3F)nc3ccnn23)CC1. The fourth-order valence-electron chi connectivity index (χ4n) is 4.31. The Kier molecular flexibility index (Phi) is 4.91. The number of hydrogen-bond donors (Lipinski definition) is 1. The highest BCUT2D eigenvalue weighted by molar-refractivity contribution is 5.67. The van der Waals surface area contributed by atoms with Gasteiger partial charge in [0.2, 0.25) is 0 Å². The van der Waals surface area contributed by atoms with E-state index in [0.29, 0.717) is 30.1 Å². The third-order valence-corrected chi connectivity index (χ3v) is 5.84. The quantitative estimate of drug-likeness (QED) is 0.727. The molecular formula is C21H24FN5O2. The van der Waals surface area contributed by atoms with Crippen molar-refractivity contribution >= 4 is 11.5 Å². The van der Waals surface area contributed by atoms with Gasteiger partial charge in [0.1, 0.15) is 11.6 Å². The van der Waals surface area contributed by atoms with Gasteiger partial charge < -0.3 is 14.7 Å². The van der Waals surface area contributed by atoms with Crippen LogP contribution in [0.5, 0.6) is 0 Å². The number of rotatable bonds is 3. The number of fused-ring (bicyclic) bond motifs is 1. The monoisotopic (exact) mass is 397 g/mol. The Bertz CT molecular complexity index is 1010. The highest BCUT2D eigenvalue weighted by Gasteiger charge is 2.32. The Morgan fingerprint density at radius 1 is 1.07 bits per heavy atom. The molecule has 2 atom stereocenters. The summed E-state index contributed by atoms with van der Waals surface area (Å²) in [4.78, 5) is 9.20. The molecule has 0 unspecified atom stereocenters. The topological polar surface area (TPSA) is 66.1 Å². The van der Waals surface area contributed by atoms with Gasteiger partial charge in [-0.15, -0.1) is 0 Å². The largest absolute Gasteiger partial charge is 0.389 e. The maximum atomic E-state index is 14.4. The van der Waals surface area contributed by atoms with Crippen LogP contribution in [-0.2, 0) is 4.74 Å². The predicted molar refractivity (Wildman–Crippen MR) is 107 cm³/mol. The number of aliphatic hydroxyl groups excluding tert-OH is 1. The van der Waals surface area contributed by atoms with Crippen LogP contribution in [0.3, 0.4) is 0 Å². The van der Waals surface area contributed by atoms with Crippen molar-refractivity contribution in [1.82, 2.24) is 19.5 Å². The van der Waals surface area contributed by atoms with Crippen LogP contribution in [0.2, 0.25) is 0 Å². The van der Waals surface area contributed by atoms with Gasteiger partial charge in [0.15, 0.2) is 5.65 Å². The Morgan fingerprint density at radius 2 is 1.97 bits per heavy atom. The standard InChI is InChI=1S/C21H24FN5O2/c22-16-5-2-1-4-15(16)17-12-21(27-20(24-17)6-7-23-27)26-9-3-8-25(10-11-26)18-13-29-14-19(18)28/h1-2,4-7,12,18-19,28H,3,8-11,13-14H2/t18-,19-/m1/s1. The van der Waals surface area contributed by atoms with E-state index in [1.165, 1.54) is 6.07 Å². The number of hydrogen-bond acceptors (Lipinski definition) is 6. The predicted octanol–water partition coefficient (Wildman–Crippen LogP) is 1.81. The van der Waals surface area contributed by atoms with E-state index < -0.39 is 6.10 Å². The molecule has 2 aromatic heterocycles. The minimum Gasteiger partial charge on any atom is -0.389 e. The van der Waals surface area contributed by atoms with E-state index in [0.717, 1.165) is 38.4 Å². The van der Waals surface area contributed by atoms with Crippen LogP contribution >= 0.6 is 0 Å². The number of anilines is 1. The van der Waals surface area contributed by atoms with Crippen molar-refractivity contribution in [3.05, 3.63) is 48.4 Å². The Morgan fingerprint density at radius 3 is 2.79 bits per heavy atom. The van der Waals surface area contributed by atoms with Crippen LogP contribution in [0.25, 0.3) is 16.9 Å². The zero-order valence-corrected chi connectivity index (χ0v) is 16.1. The van der Waals surface area contributed by atoms with E-state index in [4.69, 9.17) is 4.74 Å². The lowest BCUT2D eigenvalue weighted by Gasteiger charge is -2.28. The lowest BCUT2D eigenvalue weighted by Crippen LogP contribution is -2.44. The molecule has 0 radical (unpaired) electrons. The molecule has 0 bridgehead atoms. The van der Waals surface area contributed by atoms with Crippen molar-refractivity contribution < 1.29 is 14.2 Å². The van der Waals surface area contributed by atoms with Gasteiger partial charge in [0.25, 0.3) is 0 Å². The van der Waals surface area contributed by atoms with Crippen LogP contribution in [0.4, 0.5) is 10.2 Å². The second kappa shape index (κ2) is 7.70. The van der Waals surface area contributed by atoms with Crippen molar-refractivity contribution in [2.24, 2.45) is 0 Å². The molecule has 0 aliphatic carbocycles. The van der Waals surface area contributed by atoms with Crippen LogP contribution in [0.15, 0.2) is 42.6 Å². The average molecular weight is 397 g/mol. The summed E-state index contributed by atoms with van der Waals surface area (Å²) in [6, 6.07) is 10.5. The fraction of sp³-hybridized carbons (Fsp3) is 0.429. The number of aliphatic hydroxyl groups is 1. The molecule has 0 saturated carbocycles.